The molecule has 0 aliphatic carbocycles. The third kappa shape index (κ3) is 6.17. The lowest BCUT2D eigenvalue weighted by Gasteiger charge is -2.20. The zero-order valence-electron chi connectivity index (χ0n) is 16.0. The molecule has 0 radical (unpaired) electrons. The summed E-state index contributed by atoms with van der Waals surface area (Å²) in [5.74, 6) is 0.319. The van der Waals surface area contributed by atoms with E-state index in [1.54, 1.807) is 19.1 Å². The number of hydrogen-bond acceptors (Lipinski definition) is 2. The summed E-state index contributed by atoms with van der Waals surface area (Å²) in [4.78, 5) is 12.1. The number of aryl methyl sites for hydroxylation is 1. The van der Waals surface area contributed by atoms with Gasteiger partial charge in [-0.25, -0.2) is 4.39 Å². The summed E-state index contributed by atoms with van der Waals surface area (Å²) in [6.45, 7) is 8.78. The second-order valence-corrected chi connectivity index (χ2v) is 7.56. The Morgan fingerprint density at radius 1 is 1.08 bits per heavy atom. The van der Waals surface area contributed by atoms with E-state index in [1.807, 2.05) is 24.3 Å². The Morgan fingerprint density at radius 3 is 2.27 bits per heavy atom. The largest absolute Gasteiger partial charge is 0.481 e. The second-order valence-electron chi connectivity index (χ2n) is 7.56. The van der Waals surface area contributed by atoms with Crippen molar-refractivity contribution < 1.29 is 13.9 Å². The Balaban J connectivity index is 1.74. The number of amides is 1. The van der Waals surface area contributed by atoms with Crippen molar-refractivity contribution in [3.8, 4) is 5.75 Å². The van der Waals surface area contributed by atoms with Crippen molar-refractivity contribution in [2.45, 2.75) is 52.1 Å². The van der Waals surface area contributed by atoms with Gasteiger partial charge in [0.25, 0.3) is 5.91 Å². The van der Waals surface area contributed by atoms with Gasteiger partial charge in [0.15, 0.2) is 6.10 Å². The third-order valence-electron chi connectivity index (χ3n) is 4.26. The smallest absolute Gasteiger partial charge is 0.260 e. The monoisotopic (exact) mass is 357 g/mol. The molecular weight excluding hydrogens is 329 g/mol. The van der Waals surface area contributed by atoms with Crippen molar-refractivity contribution >= 4 is 5.91 Å². The van der Waals surface area contributed by atoms with Crippen LogP contribution in [0.4, 0.5) is 4.39 Å². The molecule has 0 aromatic heterocycles. The maximum atomic E-state index is 12.9. The maximum Gasteiger partial charge on any atom is 0.260 e. The number of carbonyl (C=O) groups is 1. The van der Waals surface area contributed by atoms with Gasteiger partial charge in [-0.15, -0.1) is 0 Å². The average molecular weight is 357 g/mol. The Morgan fingerprint density at radius 2 is 1.69 bits per heavy atom. The lowest BCUT2D eigenvalue weighted by molar-refractivity contribution is -0.127. The summed E-state index contributed by atoms with van der Waals surface area (Å²) >= 11 is 0. The number of rotatable bonds is 7. The fraction of sp³-hybridized carbons (Fsp3) is 0.409. The van der Waals surface area contributed by atoms with Crippen molar-refractivity contribution in [2.75, 3.05) is 6.54 Å². The summed E-state index contributed by atoms with van der Waals surface area (Å²) < 4.78 is 18.6. The molecular formula is C22H28FNO2. The highest BCUT2D eigenvalue weighted by Gasteiger charge is 2.16. The van der Waals surface area contributed by atoms with Crippen molar-refractivity contribution in [1.82, 2.24) is 5.32 Å². The number of carbonyl (C=O) groups excluding carboxylic acids is 1. The molecule has 4 heteroatoms. The fourth-order valence-electron chi connectivity index (χ4n) is 2.59. The summed E-state index contributed by atoms with van der Waals surface area (Å²) in [7, 11) is 0. The zero-order chi connectivity index (χ0) is 19.2. The van der Waals surface area contributed by atoms with Crippen LogP contribution < -0.4 is 10.1 Å². The first-order chi connectivity index (χ1) is 12.3. The van der Waals surface area contributed by atoms with E-state index < -0.39 is 6.10 Å². The van der Waals surface area contributed by atoms with Crippen molar-refractivity contribution in [3.63, 3.8) is 0 Å². The van der Waals surface area contributed by atoms with Crippen LogP contribution in [0.2, 0.25) is 0 Å². The maximum absolute atomic E-state index is 12.9. The zero-order valence-corrected chi connectivity index (χ0v) is 16.0. The van der Waals surface area contributed by atoms with Gasteiger partial charge < -0.3 is 10.1 Å². The fourth-order valence-corrected chi connectivity index (χ4v) is 2.59. The summed E-state index contributed by atoms with van der Waals surface area (Å²) in [6.07, 6.45) is 1.04. The van der Waals surface area contributed by atoms with E-state index in [0.29, 0.717) is 12.3 Å². The molecule has 0 saturated carbocycles. The molecule has 140 valence electrons. The lowest BCUT2D eigenvalue weighted by Crippen LogP contribution is -2.36. The van der Waals surface area contributed by atoms with Gasteiger partial charge in [-0.3, -0.25) is 4.79 Å². The van der Waals surface area contributed by atoms with Crippen LogP contribution in [-0.2, 0) is 16.6 Å². The van der Waals surface area contributed by atoms with Crippen LogP contribution in [0, 0.1) is 5.82 Å². The van der Waals surface area contributed by atoms with E-state index in [4.69, 9.17) is 4.74 Å². The van der Waals surface area contributed by atoms with Gasteiger partial charge in [0.1, 0.15) is 11.6 Å². The summed E-state index contributed by atoms with van der Waals surface area (Å²) in [6, 6.07) is 14.3. The predicted molar refractivity (Wildman–Crippen MR) is 103 cm³/mol. The van der Waals surface area contributed by atoms with Crippen molar-refractivity contribution in [3.05, 3.63) is 65.5 Å². The molecule has 0 fully saturated rings. The number of hydrogen-bond donors (Lipinski definition) is 1. The predicted octanol–water partition coefficient (Wildman–Crippen LogP) is 4.64. The quantitative estimate of drug-likeness (QED) is 0.733. The third-order valence-corrected chi connectivity index (χ3v) is 4.26. The summed E-state index contributed by atoms with van der Waals surface area (Å²) in [5.41, 5.74) is 2.37. The van der Waals surface area contributed by atoms with E-state index in [-0.39, 0.29) is 17.1 Å². The Kier molecular flexibility index (Phi) is 6.78. The first-order valence-electron chi connectivity index (χ1n) is 9.05. The number of halogens is 1. The highest BCUT2D eigenvalue weighted by molar-refractivity contribution is 5.80. The molecule has 3 nitrogen and oxygen atoms in total. The van der Waals surface area contributed by atoms with Gasteiger partial charge in [0.2, 0.25) is 0 Å². The van der Waals surface area contributed by atoms with Gasteiger partial charge in [-0.2, -0.15) is 0 Å². The average Bonchev–Trinajstić information content (AvgIpc) is 2.59. The molecule has 2 aromatic rings. The number of nitrogens with one attached hydrogen (secondary N) is 1. The highest BCUT2D eigenvalue weighted by Crippen LogP contribution is 2.24. The molecule has 2 rings (SSSR count). The molecule has 0 aliphatic rings. The topological polar surface area (TPSA) is 38.3 Å². The minimum atomic E-state index is -0.554. The lowest BCUT2D eigenvalue weighted by atomic mass is 9.87. The molecule has 0 saturated heterocycles. The van der Waals surface area contributed by atoms with Gasteiger partial charge in [-0.05, 0) is 60.6 Å². The van der Waals surface area contributed by atoms with E-state index in [9.17, 15) is 9.18 Å². The molecule has 1 unspecified atom stereocenters. The molecule has 0 aliphatic heterocycles. The van der Waals surface area contributed by atoms with E-state index in [2.05, 4.69) is 26.1 Å². The molecule has 0 spiro atoms. The van der Waals surface area contributed by atoms with Crippen LogP contribution in [0.15, 0.2) is 48.5 Å². The molecule has 26 heavy (non-hydrogen) atoms. The molecule has 1 amide bonds. The number of ether oxygens (including phenoxy) is 1. The van der Waals surface area contributed by atoms with Crippen LogP contribution in [-0.4, -0.2) is 18.6 Å². The van der Waals surface area contributed by atoms with Crippen LogP contribution in [0.5, 0.6) is 5.75 Å². The Bertz CT molecular complexity index is 702. The van der Waals surface area contributed by atoms with Crippen LogP contribution in [0.25, 0.3) is 0 Å². The standard InChI is InChI=1S/C22H28FNO2/c1-16(26-20-13-9-18(10-14-20)22(2,3)4)21(25)24-15-5-6-17-7-11-19(23)12-8-17/h7-14,16H,5-6,15H2,1-4H3,(H,24,25). The number of benzene rings is 2. The SMILES string of the molecule is CC(Oc1ccc(C(C)(C)C)cc1)C(=O)NCCCc1ccc(F)cc1. The van der Waals surface area contributed by atoms with Crippen LogP contribution in [0.3, 0.4) is 0 Å². The molecule has 1 atom stereocenters. The highest BCUT2D eigenvalue weighted by atomic mass is 19.1. The first kappa shape index (κ1) is 20.0. The van der Waals surface area contributed by atoms with E-state index in [1.165, 1.54) is 17.7 Å². The van der Waals surface area contributed by atoms with Crippen LogP contribution >= 0.6 is 0 Å². The molecule has 1 N–H and O–H groups in total. The Labute approximate surface area is 155 Å². The van der Waals surface area contributed by atoms with Gasteiger partial charge in [-0.1, -0.05) is 45.0 Å². The van der Waals surface area contributed by atoms with Gasteiger partial charge in [0, 0.05) is 6.54 Å². The summed E-state index contributed by atoms with van der Waals surface area (Å²) in [5, 5.41) is 2.88. The Hall–Kier alpha value is -2.36. The van der Waals surface area contributed by atoms with Gasteiger partial charge >= 0.3 is 0 Å². The second kappa shape index (κ2) is 8.84. The van der Waals surface area contributed by atoms with Gasteiger partial charge in [0.05, 0.1) is 0 Å². The minimum absolute atomic E-state index is 0.0893. The molecule has 2 aromatic carbocycles. The van der Waals surface area contributed by atoms with Crippen LogP contribution in [0.1, 0.15) is 45.2 Å². The van der Waals surface area contributed by atoms with E-state index >= 15 is 0 Å². The van der Waals surface area contributed by atoms with Crippen molar-refractivity contribution in [1.29, 1.82) is 0 Å². The normalized spacial score (nSPS) is 12.5. The first-order valence-corrected chi connectivity index (χ1v) is 9.05. The molecule has 0 heterocycles. The minimum Gasteiger partial charge on any atom is -0.481 e. The van der Waals surface area contributed by atoms with E-state index in [0.717, 1.165) is 18.4 Å². The van der Waals surface area contributed by atoms with Crippen molar-refractivity contribution in [2.24, 2.45) is 0 Å². The molecule has 0 bridgehead atoms.